The number of urea groups is 1. The minimum absolute atomic E-state index is 0.0497. The van der Waals surface area contributed by atoms with E-state index in [2.05, 4.69) is 5.32 Å². The van der Waals surface area contributed by atoms with Crippen LogP contribution in [0.15, 0.2) is 54.6 Å². The highest BCUT2D eigenvalue weighted by molar-refractivity contribution is 6.02. The Morgan fingerprint density at radius 2 is 1.77 bits per heavy atom. The van der Waals surface area contributed by atoms with Crippen LogP contribution in [0.5, 0.6) is 0 Å². The van der Waals surface area contributed by atoms with Gasteiger partial charge in [0.25, 0.3) is 0 Å². The second-order valence-electron chi connectivity index (χ2n) is 6.47. The summed E-state index contributed by atoms with van der Waals surface area (Å²) in [4.78, 5) is 28.7. The maximum absolute atomic E-state index is 13.0. The predicted molar refractivity (Wildman–Crippen MR) is 104 cm³/mol. The van der Waals surface area contributed by atoms with Crippen molar-refractivity contribution in [3.05, 3.63) is 54.6 Å². The molecule has 136 valence electrons. The molecule has 3 rings (SSSR count). The molecule has 26 heavy (non-hydrogen) atoms. The zero-order valence-corrected chi connectivity index (χ0v) is 15.3. The molecule has 3 amide bonds. The Balaban J connectivity index is 1.84. The van der Waals surface area contributed by atoms with E-state index in [0.29, 0.717) is 19.6 Å². The number of benzene rings is 2. The Hall–Kier alpha value is -2.82. The maximum atomic E-state index is 13.0. The highest BCUT2D eigenvalue weighted by Crippen LogP contribution is 2.32. The number of nitrogens with zero attached hydrogens (tertiary/aromatic N) is 2. The van der Waals surface area contributed by atoms with Crippen molar-refractivity contribution in [2.45, 2.75) is 26.3 Å². The van der Waals surface area contributed by atoms with Gasteiger partial charge in [-0.15, -0.1) is 0 Å². The number of carbonyl (C=O) groups is 2. The van der Waals surface area contributed by atoms with Gasteiger partial charge in [0.1, 0.15) is 6.04 Å². The van der Waals surface area contributed by atoms with Gasteiger partial charge < -0.3 is 15.1 Å². The Bertz CT molecular complexity index is 776. The summed E-state index contributed by atoms with van der Waals surface area (Å²) in [7, 11) is 0. The predicted octanol–water partition coefficient (Wildman–Crippen LogP) is 3.51. The lowest BCUT2D eigenvalue weighted by Gasteiger charge is -2.39. The Morgan fingerprint density at radius 1 is 1.08 bits per heavy atom. The van der Waals surface area contributed by atoms with Crippen molar-refractivity contribution in [2.24, 2.45) is 0 Å². The number of anilines is 1. The van der Waals surface area contributed by atoms with Crippen molar-refractivity contribution >= 4 is 17.6 Å². The fraction of sp³-hybridized carbons (Fsp3) is 0.333. The number of hydrogen-bond donors (Lipinski definition) is 1. The number of rotatable bonds is 4. The van der Waals surface area contributed by atoms with Gasteiger partial charge in [0, 0.05) is 25.2 Å². The zero-order chi connectivity index (χ0) is 18.5. The van der Waals surface area contributed by atoms with Crippen LogP contribution in [-0.4, -0.2) is 42.5 Å². The van der Waals surface area contributed by atoms with Crippen molar-refractivity contribution < 1.29 is 9.59 Å². The van der Waals surface area contributed by atoms with Crippen LogP contribution in [-0.2, 0) is 4.79 Å². The quantitative estimate of drug-likeness (QED) is 0.916. The van der Waals surface area contributed by atoms with Crippen LogP contribution >= 0.6 is 0 Å². The molecule has 0 unspecified atom stereocenters. The van der Waals surface area contributed by atoms with Crippen molar-refractivity contribution in [1.29, 1.82) is 0 Å². The minimum atomic E-state index is -0.482. The van der Waals surface area contributed by atoms with E-state index in [1.54, 1.807) is 16.7 Å². The SMILES string of the molecule is CCCNC(=O)N1CCN(c2ccccc2-c2ccccc2)C(=O)[C@@H]1C. The molecule has 1 aliphatic rings. The van der Waals surface area contributed by atoms with Gasteiger partial charge in [-0.3, -0.25) is 4.79 Å². The van der Waals surface area contributed by atoms with Gasteiger partial charge in [0.15, 0.2) is 0 Å². The molecule has 1 heterocycles. The maximum Gasteiger partial charge on any atom is 0.318 e. The normalized spacial score (nSPS) is 17.3. The van der Waals surface area contributed by atoms with Crippen LogP contribution < -0.4 is 10.2 Å². The third kappa shape index (κ3) is 3.57. The first kappa shape index (κ1) is 18.0. The van der Waals surface area contributed by atoms with E-state index in [1.807, 2.05) is 61.5 Å². The minimum Gasteiger partial charge on any atom is -0.338 e. The average molecular weight is 351 g/mol. The van der Waals surface area contributed by atoms with E-state index in [4.69, 9.17) is 0 Å². The summed E-state index contributed by atoms with van der Waals surface area (Å²) in [6.45, 7) is 5.44. The third-order valence-corrected chi connectivity index (χ3v) is 4.72. The molecule has 0 spiro atoms. The molecule has 1 atom stereocenters. The van der Waals surface area contributed by atoms with Crippen LogP contribution in [0.4, 0.5) is 10.5 Å². The molecule has 1 N–H and O–H groups in total. The number of amides is 3. The van der Waals surface area contributed by atoms with E-state index in [1.165, 1.54) is 0 Å². The van der Waals surface area contributed by atoms with Crippen LogP contribution in [0, 0.1) is 0 Å². The zero-order valence-electron chi connectivity index (χ0n) is 15.3. The molecule has 1 aliphatic heterocycles. The first-order valence-corrected chi connectivity index (χ1v) is 9.13. The number of carbonyl (C=O) groups excluding carboxylic acids is 2. The number of nitrogens with one attached hydrogen (secondary N) is 1. The molecule has 2 aromatic carbocycles. The lowest BCUT2D eigenvalue weighted by Crippen LogP contribution is -2.59. The fourth-order valence-electron chi connectivity index (χ4n) is 3.29. The molecule has 5 heteroatoms. The van der Waals surface area contributed by atoms with E-state index in [-0.39, 0.29) is 11.9 Å². The molecule has 5 nitrogen and oxygen atoms in total. The summed E-state index contributed by atoms with van der Waals surface area (Å²) in [6.07, 6.45) is 0.873. The smallest absolute Gasteiger partial charge is 0.318 e. The summed E-state index contributed by atoms with van der Waals surface area (Å²) in [6, 6.07) is 17.3. The summed E-state index contributed by atoms with van der Waals surface area (Å²) in [5.74, 6) is -0.0497. The van der Waals surface area contributed by atoms with Gasteiger partial charge in [-0.1, -0.05) is 55.5 Å². The van der Waals surface area contributed by atoms with Gasteiger partial charge in [-0.2, -0.15) is 0 Å². The van der Waals surface area contributed by atoms with Crippen molar-refractivity contribution in [2.75, 3.05) is 24.5 Å². The molecule has 0 saturated carbocycles. The van der Waals surface area contributed by atoms with Crippen molar-refractivity contribution in [3.63, 3.8) is 0 Å². The topological polar surface area (TPSA) is 52.7 Å². The van der Waals surface area contributed by atoms with Crippen LogP contribution in [0.1, 0.15) is 20.3 Å². The van der Waals surface area contributed by atoms with E-state index in [0.717, 1.165) is 23.2 Å². The highest BCUT2D eigenvalue weighted by Gasteiger charge is 2.35. The second-order valence-corrected chi connectivity index (χ2v) is 6.47. The lowest BCUT2D eigenvalue weighted by molar-refractivity contribution is -0.124. The molecular formula is C21H25N3O2. The summed E-state index contributed by atoms with van der Waals surface area (Å²) >= 11 is 0. The van der Waals surface area contributed by atoms with E-state index < -0.39 is 6.04 Å². The van der Waals surface area contributed by atoms with Crippen LogP contribution in [0.25, 0.3) is 11.1 Å². The monoisotopic (exact) mass is 351 g/mol. The molecule has 0 aliphatic carbocycles. The van der Waals surface area contributed by atoms with Gasteiger partial charge in [0.2, 0.25) is 5.91 Å². The Labute approximate surface area is 154 Å². The van der Waals surface area contributed by atoms with Gasteiger partial charge in [-0.25, -0.2) is 4.79 Å². The van der Waals surface area contributed by atoms with Gasteiger partial charge in [0.05, 0.1) is 5.69 Å². The highest BCUT2D eigenvalue weighted by atomic mass is 16.2. The van der Waals surface area contributed by atoms with Gasteiger partial charge in [-0.05, 0) is 25.0 Å². The molecule has 0 bridgehead atoms. The summed E-state index contributed by atoms with van der Waals surface area (Å²) in [5, 5.41) is 2.86. The summed E-state index contributed by atoms with van der Waals surface area (Å²) < 4.78 is 0. The summed E-state index contributed by atoms with van der Waals surface area (Å²) in [5.41, 5.74) is 2.99. The Morgan fingerprint density at radius 3 is 2.50 bits per heavy atom. The lowest BCUT2D eigenvalue weighted by atomic mass is 10.0. The second kappa shape index (κ2) is 8.04. The molecule has 1 fully saturated rings. The Kier molecular flexibility index (Phi) is 5.56. The van der Waals surface area contributed by atoms with Crippen LogP contribution in [0.3, 0.4) is 0 Å². The molecular weight excluding hydrogens is 326 g/mol. The molecule has 2 aromatic rings. The van der Waals surface area contributed by atoms with Crippen LogP contribution in [0.2, 0.25) is 0 Å². The number of hydrogen-bond acceptors (Lipinski definition) is 2. The average Bonchev–Trinajstić information content (AvgIpc) is 2.69. The number of para-hydroxylation sites is 1. The first-order chi connectivity index (χ1) is 12.6. The first-order valence-electron chi connectivity index (χ1n) is 9.13. The standard InChI is InChI=1S/C21H25N3O2/c1-3-13-22-21(26)23-14-15-24(20(25)16(23)2)19-12-8-7-11-18(19)17-9-5-4-6-10-17/h4-12,16H,3,13-15H2,1-2H3,(H,22,26)/t16-/m0/s1. The number of piperazine rings is 1. The largest absolute Gasteiger partial charge is 0.338 e. The van der Waals surface area contributed by atoms with Crippen molar-refractivity contribution in [1.82, 2.24) is 10.2 Å². The van der Waals surface area contributed by atoms with Gasteiger partial charge >= 0.3 is 6.03 Å². The fourth-order valence-corrected chi connectivity index (χ4v) is 3.29. The van der Waals surface area contributed by atoms with Crippen molar-refractivity contribution in [3.8, 4) is 11.1 Å². The van der Waals surface area contributed by atoms with E-state index >= 15 is 0 Å². The third-order valence-electron chi connectivity index (χ3n) is 4.72. The molecule has 0 radical (unpaired) electrons. The molecule has 0 aromatic heterocycles. The van der Waals surface area contributed by atoms with E-state index in [9.17, 15) is 9.59 Å². The molecule has 1 saturated heterocycles.